The molecule has 3 heterocycles. The highest BCUT2D eigenvalue weighted by Gasteiger charge is 2.29. The summed E-state index contributed by atoms with van der Waals surface area (Å²) < 4.78 is 1.94. The predicted molar refractivity (Wildman–Crippen MR) is 109 cm³/mol. The molecular weight excluding hydrogens is 376 g/mol. The zero-order valence-electron chi connectivity index (χ0n) is 15.4. The summed E-state index contributed by atoms with van der Waals surface area (Å²) in [7, 11) is 0. The minimum absolute atomic E-state index is 0.0742. The number of carbonyl (C=O) groups excluding carboxylic acids is 1. The summed E-state index contributed by atoms with van der Waals surface area (Å²) in [6, 6.07) is 7.64. The van der Waals surface area contributed by atoms with Gasteiger partial charge in [0.15, 0.2) is 0 Å². The number of likely N-dealkylation sites (tertiary alicyclic amines) is 1. The van der Waals surface area contributed by atoms with E-state index in [4.69, 9.17) is 12.2 Å². The van der Waals surface area contributed by atoms with Crippen LogP contribution >= 0.6 is 12.2 Å². The van der Waals surface area contributed by atoms with Gasteiger partial charge in [0.1, 0.15) is 21.8 Å². The van der Waals surface area contributed by atoms with Crippen molar-refractivity contribution in [3.05, 3.63) is 57.1 Å². The molecule has 1 aliphatic rings. The van der Waals surface area contributed by atoms with E-state index >= 15 is 0 Å². The van der Waals surface area contributed by atoms with Gasteiger partial charge in [-0.25, -0.2) is 0 Å². The molecule has 4 rings (SSSR count). The van der Waals surface area contributed by atoms with Gasteiger partial charge in [-0.1, -0.05) is 37.2 Å². The first kappa shape index (κ1) is 18.5. The summed E-state index contributed by atoms with van der Waals surface area (Å²) in [6.07, 6.45) is 5.90. The Morgan fingerprint density at radius 2 is 1.86 bits per heavy atom. The second kappa shape index (κ2) is 7.63. The first-order valence-corrected chi connectivity index (χ1v) is 9.86. The van der Waals surface area contributed by atoms with Crippen molar-refractivity contribution in [3.8, 4) is 5.75 Å². The Bertz CT molecular complexity index is 1120. The lowest BCUT2D eigenvalue weighted by Crippen LogP contribution is -2.38. The van der Waals surface area contributed by atoms with Gasteiger partial charge in [-0.3, -0.25) is 19.8 Å². The molecule has 1 atom stereocenters. The number of fused-ring (bicyclic) bond motifs is 1. The van der Waals surface area contributed by atoms with Crippen LogP contribution in [0.4, 0.5) is 0 Å². The highest BCUT2D eigenvalue weighted by molar-refractivity contribution is 7.71. The van der Waals surface area contributed by atoms with Gasteiger partial charge in [0, 0.05) is 19.3 Å². The summed E-state index contributed by atoms with van der Waals surface area (Å²) >= 11 is 5.58. The van der Waals surface area contributed by atoms with Gasteiger partial charge in [0.25, 0.3) is 5.56 Å². The second-order valence-electron chi connectivity index (χ2n) is 7.13. The summed E-state index contributed by atoms with van der Waals surface area (Å²) in [5, 5.41) is 15.7. The molecule has 0 bridgehead atoms. The highest BCUT2D eigenvalue weighted by atomic mass is 32.1. The van der Waals surface area contributed by atoms with Crippen molar-refractivity contribution in [2.45, 2.75) is 31.7 Å². The standard InChI is InChI=1S/C20H22N4O3S/c25-14-7-5-6-13(12-14)17(19(27)23-9-3-1-2-4-10-23)24-11-8-15-16(20(24)28)18(26)22-21-15/h5-8,11-12,17,25H,1-4,9-10H2,(H2,21,22,26). The Kier molecular flexibility index (Phi) is 5.04. The molecule has 7 nitrogen and oxygen atoms in total. The van der Waals surface area contributed by atoms with Gasteiger partial charge in [0.05, 0.1) is 5.52 Å². The van der Waals surface area contributed by atoms with E-state index in [1.807, 2.05) is 4.90 Å². The van der Waals surface area contributed by atoms with Gasteiger partial charge < -0.3 is 14.6 Å². The number of amides is 1. The smallest absolute Gasteiger partial charge is 0.274 e. The van der Waals surface area contributed by atoms with E-state index in [0.717, 1.165) is 25.7 Å². The van der Waals surface area contributed by atoms with Crippen molar-refractivity contribution in [3.63, 3.8) is 0 Å². The maximum atomic E-state index is 13.6. The fourth-order valence-electron chi connectivity index (χ4n) is 3.84. The maximum Gasteiger partial charge on any atom is 0.274 e. The number of pyridine rings is 1. The molecule has 28 heavy (non-hydrogen) atoms. The van der Waals surface area contributed by atoms with Crippen LogP contribution in [-0.4, -0.2) is 43.8 Å². The number of nitrogens with one attached hydrogen (secondary N) is 2. The number of rotatable bonds is 3. The minimum atomic E-state index is -0.739. The molecule has 8 heteroatoms. The molecule has 0 saturated carbocycles. The van der Waals surface area contributed by atoms with Crippen molar-refractivity contribution in [1.29, 1.82) is 0 Å². The quantitative estimate of drug-likeness (QED) is 0.591. The van der Waals surface area contributed by atoms with Gasteiger partial charge in [0.2, 0.25) is 5.91 Å². The largest absolute Gasteiger partial charge is 0.508 e. The van der Waals surface area contributed by atoms with Crippen LogP contribution in [0.15, 0.2) is 41.3 Å². The number of phenols is 1. The normalized spacial score (nSPS) is 16.1. The number of carbonyl (C=O) groups is 1. The summed E-state index contributed by atoms with van der Waals surface area (Å²) in [6.45, 7) is 1.41. The summed E-state index contributed by atoms with van der Waals surface area (Å²) in [5.41, 5.74) is 0.922. The summed E-state index contributed by atoms with van der Waals surface area (Å²) in [4.78, 5) is 27.6. The molecule has 1 aliphatic heterocycles. The van der Waals surface area contributed by atoms with Crippen LogP contribution in [0.25, 0.3) is 10.9 Å². The number of aromatic nitrogens is 3. The van der Waals surface area contributed by atoms with Crippen LogP contribution in [0.5, 0.6) is 5.75 Å². The molecule has 3 aromatic rings. The van der Waals surface area contributed by atoms with Crippen LogP contribution in [0.1, 0.15) is 37.3 Å². The fourth-order valence-corrected chi connectivity index (χ4v) is 4.21. The van der Waals surface area contributed by atoms with Crippen molar-refractivity contribution in [1.82, 2.24) is 19.7 Å². The number of aromatic amines is 2. The third kappa shape index (κ3) is 3.35. The number of nitrogens with zero attached hydrogens (tertiary/aromatic N) is 2. The second-order valence-corrected chi connectivity index (χ2v) is 7.52. The van der Waals surface area contributed by atoms with Crippen LogP contribution in [0.3, 0.4) is 0 Å². The molecule has 0 spiro atoms. The molecule has 3 N–H and O–H groups in total. The number of hydrogen-bond donors (Lipinski definition) is 3. The monoisotopic (exact) mass is 398 g/mol. The fraction of sp³-hybridized carbons (Fsp3) is 0.350. The Balaban J connectivity index is 1.87. The Labute approximate surface area is 166 Å². The molecule has 1 unspecified atom stereocenters. The topological polar surface area (TPSA) is 94.1 Å². The van der Waals surface area contributed by atoms with Crippen LogP contribution in [-0.2, 0) is 4.79 Å². The Morgan fingerprint density at radius 1 is 1.11 bits per heavy atom. The molecule has 1 saturated heterocycles. The molecule has 146 valence electrons. The average Bonchev–Trinajstić information content (AvgIpc) is 2.89. The van der Waals surface area contributed by atoms with E-state index in [0.29, 0.717) is 29.6 Å². The van der Waals surface area contributed by atoms with Gasteiger partial charge in [-0.15, -0.1) is 0 Å². The van der Waals surface area contributed by atoms with Gasteiger partial charge >= 0.3 is 0 Å². The van der Waals surface area contributed by atoms with E-state index < -0.39 is 6.04 Å². The number of hydrogen-bond acceptors (Lipinski definition) is 4. The van der Waals surface area contributed by atoms with Crippen molar-refractivity contribution in [2.24, 2.45) is 0 Å². The molecule has 1 aromatic carbocycles. The number of phenolic OH excluding ortho intramolecular Hbond substituents is 1. The van der Waals surface area contributed by atoms with Crippen LogP contribution < -0.4 is 5.56 Å². The first-order chi connectivity index (χ1) is 13.6. The molecule has 0 radical (unpaired) electrons. The zero-order valence-corrected chi connectivity index (χ0v) is 16.2. The van der Waals surface area contributed by atoms with Crippen LogP contribution in [0.2, 0.25) is 0 Å². The number of H-pyrrole nitrogens is 2. The average molecular weight is 398 g/mol. The first-order valence-electron chi connectivity index (χ1n) is 9.45. The van der Waals surface area contributed by atoms with Gasteiger partial charge in [-0.2, -0.15) is 0 Å². The zero-order chi connectivity index (χ0) is 19.7. The van der Waals surface area contributed by atoms with E-state index in [1.165, 1.54) is 0 Å². The molecule has 0 aliphatic carbocycles. The van der Waals surface area contributed by atoms with E-state index in [9.17, 15) is 14.7 Å². The number of aromatic hydroxyl groups is 1. The van der Waals surface area contributed by atoms with E-state index in [2.05, 4.69) is 10.2 Å². The lowest BCUT2D eigenvalue weighted by Gasteiger charge is -2.28. The summed E-state index contributed by atoms with van der Waals surface area (Å²) in [5.74, 6) is 0.00756. The highest BCUT2D eigenvalue weighted by Crippen LogP contribution is 2.27. The van der Waals surface area contributed by atoms with E-state index in [1.54, 1.807) is 41.1 Å². The lowest BCUT2D eigenvalue weighted by atomic mass is 10.0. The maximum absolute atomic E-state index is 13.6. The SMILES string of the molecule is O=C(C(c1cccc(O)c1)n1ccc2[nH][nH]c(=O)c2c1=S)N1CCCCCC1. The molecular formula is C20H22N4O3S. The molecule has 1 amide bonds. The number of benzene rings is 1. The predicted octanol–water partition coefficient (Wildman–Crippen LogP) is 3.08. The van der Waals surface area contributed by atoms with E-state index in [-0.39, 0.29) is 21.9 Å². The Hall–Kier alpha value is -2.87. The lowest BCUT2D eigenvalue weighted by molar-refractivity contribution is -0.133. The third-order valence-electron chi connectivity index (χ3n) is 5.27. The van der Waals surface area contributed by atoms with Crippen molar-refractivity contribution < 1.29 is 9.90 Å². The molecule has 1 fully saturated rings. The van der Waals surface area contributed by atoms with Crippen LogP contribution in [0, 0.1) is 4.64 Å². The third-order valence-corrected chi connectivity index (χ3v) is 5.69. The molecule has 2 aromatic heterocycles. The van der Waals surface area contributed by atoms with Crippen molar-refractivity contribution in [2.75, 3.05) is 13.1 Å². The van der Waals surface area contributed by atoms with Gasteiger partial charge in [-0.05, 0) is 36.6 Å². The minimum Gasteiger partial charge on any atom is -0.508 e. The van der Waals surface area contributed by atoms with Crippen molar-refractivity contribution >= 4 is 29.0 Å². The Morgan fingerprint density at radius 3 is 2.57 bits per heavy atom.